The van der Waals surface area contributed by atoms with Gasteiger partial charge >= 0.3 is 5.97 Å². The van der Waals surface area contributed by atoms with Crippen LogP contribution in [-0.4, -0.2) is 57.7 Å². The van der Waals surface area contributed by atoms with Crippen LogP contribution in [0.25, 0.3) is 11.1 Å². The van der Waals surface area contributed by atoms with Gasteiger partial charge in [0.05, 0.1) is 18.8 Å². The van der Waals surface area contributed by atoms with Crippen LogP contribution in [0.3, 0.4) is 0 Å². The number of ether oxygens (including phenoxy) is 7. The number of hydrogen-bond donors (Lipinski definition) is 1. The van der Waals surface area contributed by atoms with Crippen LogP contribution in [0.5, 0.6) is 23.0 Å². The lowest BCUT2D eigenvalue weighted by molar-refractivity contribution is -0.157. The van der Waals surface area contributed by atoms with Gasteiger partial charge in [-0.2, -0.15) is 0 Å². The van der Waals surface area contributed by atoms with Gasteiger partial charge in [0.25, 0.3) is 0 Å². The normalized spacial score (nSPS) is 11.3. The maximum Gasteiger partial charge on any atom is 0.344 e. The number of methoxy groups -OCH3 is 2. The summed E-state index contributed by atoms with van der Waals surface area (Å²) in [7, 11) is 3.06. The molecule has 0 heterocycles. The van der Waals surface area contributed by atoms with Crippen molar-refractivity contribution >= 4 is 5.97 Å². The van der Waals surface area contributed by atoms with Gasteiger partial charge in [-0.15, -0.1) is 0 Å². The number of rotatable bonds is 21. The molecule has 2 aromatic carbocycles. The van der Waals surface area contributed by atoms with Gasteiger partial charge < -0.3 is 38.3 Å². The topological polar surface area (TPSA) is 102 Å². The lowest BCUT2D eigenvalue weighted by atomic mass is 10.0. The highest BCUT2D eigenvalue weighted by Gasteiger charge is 2.20. The lowest BCUT2D eigenvalue weighted by Crippen LogP contribution is -2.27. The Hall–Kier alpha value is -3.01. The second-order valence-electron chi connectivity index (χ2n) is 11.1. The minimum absolute atomic E-state index is 0.0117. The van der Waals surface area contributed by atoms with E-state index in [0.717, 1.165) is 12.8 Å². The van der Waals surface area contributed by atoms with E-state index >= 15 is 0 Å². The number of aliphatic hydroxyl groups is 1. The molecule has 0 aliphatic carbocycles. The third kappa shape index (κ3) is 13.3. The number of aliphatic hydroxyl groups excluding tert-OH is 1. The summed E-state index contributed by atoms with van der Waals surface area (Å²) in [5, 5.41) is 9.84. The summed E-state index contributed by atoms with van der Waals surface area (Å²) >= 11 is 0. The van der Waals surface area contributed by atoms with Crippen LogP contribution in [0.15, 0.2) is 30.3 Å². The first-order valence-electron chi connectivity index (χ1n) is 14.8. The van der Waals surface area contributed by atoms with E-state index in [2.05, 4.69) is 6.92 Å². The Balaban J connectivity index is 2.34. The van der Waals surface area contributed by atoms with Crippen molar-refractivity contribution in [1.29, 1.82) is 0 Å². The van der Waals surface area contributed by atoms with Gasteiger partial charge in [-0.05, 0) is 62.6 Å². The fourth-order valence-corrected chi connectivity index (χ4v) is 4.31. The highest BCUT2D eigenvalue weighted by atomic mass is 16.7. The van der Waals surface area contributed by atoms with Crippen LogP contribution < -0.4 is 18.9 Å². The molecule has 236 valence electrons. The van der Waals surface area contributed by atoms with E-state index in [4.69, 9.17) is 33.2 Å². The SMILES string of the molecule is CCCCCCCCCCOc1cc(OCC(=O)OC(C)(C)C)cc(-c2c(OCOC)cc(CO)cc2OCOC)c1. The fraction of sp³-hybridized carbons (Fsp3) is 0.606. The summed E-state index contributed by atoms with van der Waals surface area (Å²) in [6.45, 7) is 7.70. The molecule has 0 aliphatic rings. The molecule has 2 aromatic rings. The number of hydrogen-bond acceptors (Lipinski definition) is 9. The van der Waals surface area contributed by atoms with E-state index in [0.29, 0.717) is 46.3 Å². The van der Waals surface area contributed by atoms with E-state index in [1.807, 2.05) is 26.8 Å². The van der Waals surface area contributed by atoms with Gasteiger partial charge in [-0.3, -0.25) is 0 Å². The molecule has 0 spiro atoms. The van der Waals surface area contributed by atoms with Crippen molar-refractivity contribution in [3.8, 4) is 34.1 Å². The number of esters is 1. The minimum atomic E-state index is -0.623. The van der Waals surface area contributed by atoms with Crippen LogP contribution in [0, 0.1) is 0 Å². The van der Waals surface area contributed by atoms with E-state index < -0.39 is 11.6 Å². The molecular weight excluding hydrogens is 540 g/mol. The summed E-state index contributed by atoms with van der Waals surface area (Å²) in [6, 6.07) is 8.86. The number of benzene rings is 2. The molecule has 0 amide bonds. The minimum Gasteiger partial charge on any atom is -0.493 e. The zero-order valence-electron chi connectivity index (χ0n) is 26.3. The number of carbonyl (C=O) groups is 1. The van der Waals surface area contributed by atoms with Crippen LogP contribution in [0.2, 0.25) is 0 Å². The van der Waals surface area contributed by atoms with Crippen molar-refractivity contribution in [3.05, 3.63) is 35.9 Å². The molecule has 9 heteroatoms. The average molecular weight is 591 g/mol. The summed E-state index contributed by atoms with van der Waals surface area (Å²) in [6.07, 6.45) is 9.61. The Kier molecular flexibility index (Phi) is 16.1. The maximum absolute atomic E-state index is 12.4. The molecule has 0 atom stereocenters. The van der Waals surface area contributed by atoms with Crippen LogP contribution >= 0.6 is 0 Å². The van der Waals surface area contributed by atoms with Gasteiger partial charge in [0.2, 0.25) is 0 Å². The molecule has 2 rings (SSSR count). The second-order valence-corrected chi connectivity index (χ2v) is 11.1. The molecule has 1 N–H and O–H groups in total. The molecular formula is C33H50O9. The molecule has 0 fully saturated rings. The van der Waals surface area contributed by atoms with E-state index in [-0.39, 0.29) is 26.8 Å². The van der Waals surface area contributed by atoms with Gasteiger partial charge in [-0.25, -0.2) is 4.79 Å². The zero-order chi connectivity index (χ0) is 30.8. The monoisotopic (exact) mass is 590 g/mol. The van der Waals surface area contributed by atoms with Crippen LogP contribution in [-0.2, 0) is 25.6 Å². The smallest absolute Gasteiger partial charge is 0.344 e. The maximum atomic E-state index is 12.4. The van der Waals surface area contributed by atoms with Gasteiger partial charge in [0, 0.05) is 20.3 Å². The average Bonchev–Trinajstić information content (AvgIpc) is 2.95. The van der Waals surface area contributed by atoms with Gasteiger partial charge in [0.15, 0.2) is 20.2 Å². The highest BCUT2D eigenvalue weighted by Crippen LogP contribution is 2.43. The van der Waals surface area contributed by atoms with E-state index in [9.17, 15) is 9.90 Å². The van der Waals surface area contributed by atoms with Crippen molar-refractivity contribution in [2.45, 2.75) is 91.3 Å². The third-order valence-electron chi connectivity index (χ3n) is 6.18. The Morgan fingerprint density at radius 2 is 1.29 bits per heavy atom. The van der Waals surface area contributed by atoms with Crippen molar-refractivity contribution in [2.75, 3.05) is 41.0 Å². The Morgan fingerprint density at radius 1 is 0.738 bits per heavy atom. The van der Waals surface area contributed by atoms with Crippen LogP contribution in [0.1, 0.15) is 84.6 Å². The van der Waals surface area contributed by atoms with E-state index in [1.54, 1.807) is 24.3 Å². The van der Waals surface area contributed by atoms with E-state index in [1.165, 1.54) is 52.7 Å². The number of unbranched alkanes of at least 4 members (excludes halogenated alkanes) is 7. The van der Waals surface area contributed by atoms with Crippen molar-refractivity contribution in [2.24, 2.45) is 0 Å². The predicted molar refractivity (Wildman–Crippen MR) is 162 cm³/mol. The second kappa shape index (κ2) is 19.2. The first kappa shape index (κ1) is 35.2. The molecule has 0 saturated heterocycles. The summed E-state index contributed by atoms with van der Waals surface area (Å²) in [4.78, 5) is 12.4. The first-order valence-corrected chi connectivity index (χ1v) is 14.8. The molecule has 42 heavy (non-hydrogen) atoms. The van der Waals surface area contributed by atoms with Crippen LogP contribution in [0.4, 0.5) is 0 Å². The standard InChI is InChI=1S/C33H50O9/c1-7-8-9-10-11-12-13-14-15-38-27-18-26(19-28(20-27)39-22-31(35)42-33(2,3)4)32-29(40-23-36-5)16-25(21-34)17-30(32)41-24-37-6/h16-20,34H,7-15,21-24H2,1-6H3. The summed E-state index contributed by atoms with van der Waals surface area (Å²) in [5.41, 5.74) is 1.24. The Morgan fingerprint density at radius 3 is 1.81 bits per heavy atom. The molecule has 0 aromatic heterocycles. The van der Waals surface area contributed by atoms with Crippen molar-refractivity contribution < 1.29 is 43.1 Å². The van der Waals surface area contributed by atoms with Gasteiger partial charge in [-0.1, -0.05) is 51.9 Å². The fourth-order valence-electron chi connectivity index (χ4n) is 4.31. The zero-order valence-corrected chi connectivity index (χ0v) is 26.3. The lowest BCUT2D eigenvalue weighted by Gasteiger charge is -2.20. The molecule has 0 unspecified atom stereocenters. The van der Waals surface area contributed by atoms with Crippen molar-refractivity contribution in [1.82, 2.24) is 0 Å². The Labute approximate surface area is 251 Å². The molecule has 0 aliphatic heterocycles. The van der Waals surface area contributed by atoms with Gasteiger partial charge in [0.1, 0.15) is 28.6 Å². The molecule has 9 nitrogen and oxygen atoms in total. The summed E-state index contributed by atoms with van der Waals surface area (Å²) in [5.74, 6) is 1.40. The predicted octanol–water partition coefficient (Wildman–Crippen LogP) is 7.05. The summed E-state index contributed by atoms with van der Waals surface area (Å²) < 4.78 is 39.5. The highest BCUT2D eigenvalue weighted by molar-refractivity contribution is 5.79. The Bertz CT molecular complexity index is 1030. The number of carbonyl (C=O) groups excluding carboxylic acids is 1. The largest absolute Gasteiger partial charge is 0.493 e. The quantitative estimate of drug-likeness (QED) is 0.0931. The molecule has 0 radical (unpaired) electrons. The van der Waals surface area contributed by atoms with Crippen molar-refractivity contribution in [3.63, 3.8) is 0 Å². The molecule has 0 saturated carbocycles. The molecule has 0 bridgehead atoms. The first-order chi connectivity index (χ1) is 20.2. The third-order valence-corrected chi connectivity index (χ3v) is 6.18.